The van der Waals surface area contributed by atoms with E-state index in [2.05, 4.69) is 20.7 Å². The molecule has 0 atom stereocenters. The number of rotatable bonds is 5. The molecule has 1 aliphatic carbocycles. The van der Waals surface area contributed by atoms with Crippen LogP contribution >= 0.6 is 0 Å². The van der Waals surface area contributed by atoms with Crippen molar-refractivity contribution < 1.29 is 4.74 Å². The normalized spacial score (nSPS) is 17.2. The SMILES string of the molecule is COC1(CNc2nc(NN)cn3ccnc23)CCC1. The van der Waals surface area contributed by atoms with Gasteiger partial charge in [-0.25, -0.2) is 15.8 Å². The number of nitrogens with zero attached hydrogens (tertiary/aromatic N) is 3. The maximum absolute atomic E-state index is 5.59. The Morgan fingerprint density at radius 3 is 3.00 bits per heavy atom. The number of imidazole rings is 1. The van der Waals surface area contributed by atoms with Crippen molar-refractivity contribution in [3.63, 3.8) is 0 Å². The van der Waals surface area contributed by atoms with E-state index in [9.17, 15) is 0 Å². The molecule has 0 bridgehead atoms. The second kappa shape index (κ2) is 4.67. The van der Waals surface area contributed by atoms with E-state index in [1.165, 1.54) is 6.42 Å². The molecule has 7 heteroatoms. The highest BCUT2D eigenvalue weighted by Crippen LogP contribution is 2.35. The van der Waals surface area contributed by atoms with Gasteiger partial charge in [0.2, 0.25) is 0 Å². The van der Waals surface area contributed by atoms with E-state index in [0.29, 0.717) is 11.6 Å². The number of aromatic nitrogens is 3. The summed E-state index contributed by atoms with van der Waals surface area (Å²) in [6.45, 7) is 0.729. The molecule has 2 aromatic heterocycles. The number of hydrogen-bond acceptors (Lipinski definition) is 6. The second-order valence-corrected chi connectivity index (χ2v) is 4.87. The molecule has 19 heavy (non-hydrogen) atoms. The molecule has 102 valence electrons. The summed E-state index contributed by atoms with van der Waals surface area (Å²) >= 11 is 0. The number of anilines is 2. The third-order valence-electron chi connectivity index (χ3n) is 3.80. The van der Waals surface area contributed by atoms with E-state index in [-0.39, 0.29) is 5.60 Å². The first-order valence-corrected chi connectivity index (χ1v) is 6.36. The molecule has 2 heterocycles. The minimum Gasteiger partial charge on any atom is -0.376 e. The summed E-state index contributed by atoms with van der Waals surface area (Å²) < 4.78 is 7.47. The Hall–Kier alpha value is -1.86. The Morgan fingerprint density at radius 1 is 1.53 bits per heavy atom. The fourth-order valence-electron chi connectivity index (χ4n) is 2.39. The van der Waals surface area contributed by atoms with E-state index < -0.39 is 0 Å². The zero-order valence-electron chi connectivity index (χ0n) is 10.9. The van der Waals surface area contributed by atoms with E-state index >= 15 is 0 Å². The van der Waals surface area contributed by atoms with Gasteiger partial charge in [-0.1, -0.05) is 0 Å². The highest BCUT2D eigenvalue weighted by molar-refractivity contribution is 5.65. The van der Waals surface area contributed by atoms with Crippen LogP contribution in [0.15, 0.2) is 18.6 Å². The Kier molecular flexibility index (Phi) is 3.00. The monoisotopic (exact) mass is 262 g/mol. The molecule has 4 N–H and O–H groups in total. The van der Waals surface area contributed by atoms with Crippen LogP contribution in [-0.2, 0) is 4.74 Å². The van der Waals surface area contributed by atoms with Crippen molar-refractivity contribution in [1.29, 1.82) is 0 Å². The van der Waals surface area contributed by atoms with Crippen molar-refractivity contribution in [2.75, 3.05) is 24.4 Å². The molecule has 2 aromatic rings. The quantitative estimate of drug-likeness (QED) is 0.550. The number of ether oxygens (including phenoxy) is 1. The molecule has 0 aromatic carbocycles. The Morgan fingerprint density at radius 2 is 2.37 bits per heavy atom. The lowest BCUT2D eigenvalue weighted by Crippen LogP contribution is -2.45. The van der Waals surface area contributed by atoms with Crippen LogP contribution in [0.5, 0.6) is 0 Å². The van der Waals surface area contributed by atoms with E-state index in [0.717, 1.165) is 25.0 Å². The topological polar surface area (TPSA) is 89.5 Å². The summed E-state index contributed by atoms with van der Waals surface area (Å²) in [5.74, 6) is 6.73. The molecular weight excluding hydrogens is 244 g/mol. The van der Waals surface area contributed by atoms with E-state index in [1.807, 2.05) is 10.6 Å². The Labute approximate surface area is 111 Å². The maximum atomic E-state index is 5.59. The van der Waals surface area contributed by atoms with Crippen molar-refractivity contribution in [2.24, 2.45) is 5.84 Å². The number of fused-ring (bicyclic) bond motifs is 1. The van der Waals surface area contributed by atoms with Gasteiger partial charge in [0.05, 0.1) is 11.8 Å². The summed E-state index contributed by atoms with van der Waals surface area (Å²) in [4.78, 5) is 8.69. The van der Waals surface area contributed by atoms with Crippen LogP contribution in [0.3, 0.4) is 0 Å². The molecule has 0 spiro atoms. The first-order valence-electron chi connectivity index (χ1n) is 6.36. The third kappa shape index (κ3) is 2.11. The highest BCUT2D eigenvalue weighted by Gasteiger charge is 2.36. The van der Waals surface area contributed by atoms with Crippen molar-refractivity contribution >= 4 is 17.3 Å². The number of nitrogen functional groups attached to an aromatic ring is 1. The van der Waals surface area contributed by atoms with Crippen LogP contribution in [0, 0.1) is 0 Å². The third-order valence-corrected chi connectivity index (χ3v) is 3.80. The molecular formula is C12H18N6O. The predicted octanol–water partition coefficient (Wildman–Crippen LogP) is 0.996. The zero-order valence-corrected chi connectivity index (χ0v) is 10.9. The van der Waals surface area contributed by atoms with Crippen LogP contribution in [0.4, 0.5) is 11.6 Å². The first kappa shape index (κ1) is 12.2. The first-order chi connectivity index (χ1) is 9.26. The summed E-state index contributed by atoms with van der Waals surface area (Å²) in [6, 6.07) is 0. The predicted molar refractivity (Wildman–Crippen MR) is 72.9 cm³/mol. The second-order valence-electron chi connectivity index (χ2n) is 4.87. The Bertz CT molecular complexity index is 571. The summed E-state index contributed by atoms with van der Waals surface area (Å²) in [5.41, 5.74) is 3.28. The van der Waals surface area contributed by atoms with Gasteiger partial charge in [0.1, 0.15) is 0 Å². The van der Waals surface area contributed by atoms with Crippen LogP contribution in [-0.4, -0.2) is 33.6 Å². The fraction of sp³-hybridized carbons (Fsp3) is 0.500. The average Bonchev–Trinajstić information content (AvgIpc) is 2.85. The lowest BCUT2D eigenvalue weighted by Gasteiger charge is -2.40. The molecule has 0 aliphatic heterocycles. The molecule has 1 aliphatic rings. The van der Waals surface area contributed by atoms with Gasteiger partial charge in [-0.3, -0.25) is 0 Å². The lowest BCUT2D eigenvalue weighted by atomic mass is 9.80. The maximum Gasteiger partial charge on any atom is 0.180 e. The molecule has 1 saturated carbocycles. The summed E-state index contributed by atoms with van der Waals surface area (Å²) in [6.07, 6.45) is 8.76. The van der Waals surface area contributed by atoms with Gasteiger partial charge in [-0.05, 0) is 19.3 Å². The van der Waals surface area contributed by atoms with Crippen LogP contribution in [0.1, 0.15) is 19.3 Å². The molecule has 0 radical (unpaired) electrons. The van der Waals surface area contributed by atoms with Crippen LogP contribution < -0.4 is 16.6 Å². The van der Waals surface area contributed by atoms with Crippen LogP contribution in [0.25, 0.3) is 5.65 Å². The minimum absolute atomic E-state index is 0.0581. The van der Waals surface area contributed by atoms with Gasteiger partial charge in [-0.15, -0.1) is 0 Å². The van der Waals surface area contributed by atoms with Gasteiger partial charge in [0.15, 0.2) is 17.3 Å². The van der Waals surface area contributed by atoms with Gasteiger partial charge >= 0.3 is 0 Å². The number of nitrogens with two attached hydrogens (primary N) is 1. The average molecular weight is 262 g/mol. The van der Waals surface area contributed by atoms with Crippen molar-refractivity contribution in [3.05, 3.63) is 18.6 Å². The molecule has 1 fully saturated rings. The van der Waals surface area contributed by atoms with Gasteiger partial charge in [0, 0.05) is 26.0 Å². The zero-order chi connectivity index (χ0) is 13.3. The smallest absolute Gasteiger partial charge is 0.180 e. The number of methoxy groups -OCH3 is 1. The van der Waals surface area contributed by atoms with Crippen molar-refractivity contribution in [2.45, 2.75) is 24.9 Å². The van der Waals surface area contributed by atoms with Crippen LogP contribution in [0.2, 0.25) is 0 Å². The summed E-state index contributed by atoms with van der Waals surface area (Å²) in [5, 5.41) is 3.33. The molecule has 0 saturated heterocycles. The minimum atomic E-state index is -0.0581. The molecule has 0 amide bonds. The standard InChI is InChI=1S/C12H18N6O/c1-19-12(3-2-4-12)8-15-10-11-14-5-6-18(11)7-9(16-10)17-13/h5-7,17H,2-4,8,13H2,1H3,(H,15,16). The number of hydrogen-bond donors (Lipinski definition) is 3. The number of nitrogens with one attached hydrogen (secondary N) is 2. The Balaban J connectivity index is 1.85. The van der Waals surface area contributed by atoms with Gasteiger partial charge < -0.3 is 19.9 Å². The number of hydrazine groups is 1. The fourth-order valence-corrected chi connectivity index (χ4v) is 2.39. The highest BCUT2D eigenvalue weighted by atomic mass is 16.5. The van der Waals surface area contributed by atoms with E-state index in [1.54, 1.807) is 19.5 Å². The lowest BCUT2D eigenvalue weighted by molar-refractivity contribution is -0.0601. The largest absolute Gasteiger partial charge is 0.376 e. The molecule has 7 nitrogen and oxygen atoms in total. The molecule has 3 rings (SSSR count). The van der Waals surface area contributed by atoms with Gasteiger partial charge in [0.25, 0.3) is 0 Å². The summed E-state index contributed by atoms with van der Waals surface area (Å²) in [7, 11) is 1.76. The van der Waals surface area contributed by atoms with Crippen molar-refractivity contribution in [1.82, 2.24) is 14.4 Å². The molecule has 0 unspecified atom stereocenters. The van der Waals surface area contributed by atoms with Gasteiger partial charge in [-0.2, -0.15) is 0 Å². The van der Waals surface area contributed by atoms with Crippen molar-refractivity contribution in [3.8, 4) is 0 Å². The van der Waals surface area contributed by atoms with E-state index in [4.69, 9.17) is 10.6 Å².